The van der Waals surface area contributed by atoms with Crippen molar-refractivity contribution in [1.29, 1.82) is 0 Å². The van der Waals surface area contributed by atoms with Crippen molar-refractivity contribution in [2.24, 2.45) is 0 Å². The molecule has 0 aliphatic rings. The lowest BCUT2D eigenvalue weighted by Gasteiger charge is -2.17. The number of carbonyl (C=O) groups is 1. The van der Waals surface area contributed by atoms with E-state index in [1.165, 1.54) is 34.4 Å². The van der Waals surface area contributed by atoms with Crippen LogP contribution < -0.4 is 10.9 Å². The highest BCUT2D eigenvalue weighted by molar-refractivity contribution is 7.25. The zero-order valence-electron chi connectivity index (χ0n) is 14.3. The fourth-order valence-corrected chi connectivity index (χ4v) is 4.03. The number of nitrogens with zero attached hydrogens (tertiary/aromatic N) is 3. The lowest BCUT2D eigenvalue weighted by atomic mass is 10.2. The van der Waals surface area contributed by atoms with E-state index in [9.17, 15) is 14.0 Å². The zero-order chi connectivity index (χ0) is 19.0. The number of hydrogen-bond acceptors (Lipinski definition) is 5. The van der Waals surface area contributed by atoms with E-state index < -0.39 is 17.8 Å². The third-order valence-corrected chi connectivity index (χ3v) is 5.43. The van der Waals surface area contributed by atoms with Crippen LogP contribution >= 0.6 is 11.3 Å². The minimum atomic E-state index is -0.799. The minimum absolute atomic E-state index is 0.0779. The molecule has 0 saturated heterocycles. The topological polar surface area (TPSA) is 76.9 Å². The van der Waals surface area contributed by atoms with E-state index in [1.807, 2.05) is 6.07 Å². The maximum absolute atomic E-state index is 13.8. The molecule has 6 nitrogen and oxygen atoms in total. The summed E-state index contributed by atoms with van der Waals surface area (Å²) in [5, 5.41) is 3.36. The van der Waals surface area contributed by atoms with Gasteiger partial charge in [0.2, 0.25) is 5.91 Å². The van der Waals surface area contributed by atoms with E-state index in [-0.39, 0.29) is 11.2 Å². The Kier molecular flexibility index (Phi) is 4.41. The number of para-hydroxylation sites is 1. The number of aromatic nitrogens is 3. The molecule has 0 radical (unpaired) electrons. The molecular formula is C19H15FN4O2S. The first kappa shape index (κ1) is 17.3. The average Bonchev–Trinajstić information content (AvgIpc) is 3.06. The van der Waals surface area contributed by atoms with Gasteiger partial charge < -0.3 is 5.32 Å². The third kappa shape index (κ3) is 2.97. The van der Waals surface area contributed by atoms with Crippen molar-refractivity contribution in [3.8, 4) is 0 Å². The van der Waals surface area contributed by atoms with Crippen LogP contribution in [0.1, 0.15) is 19.4 Å². The number of thiophene rings is 1. The van der Waals surface area contributed by atoms with Gasteiger partial charge in [0.25, 0.3) is 5.56 Å². The van der Waals surface area contributed by atoms with Gasteiger partial charge in [-0.25, -0.2) is 14.4 Å². The molecule has 1 aromatic carbocycles. The highest BCUT2D eigenvalue weighted by Gasteiger charge is 2.23. The molecule has 4 rings (SSSR count). The van der Waals surface area contributed by atoms with Crippen LogP contribution in [0.3, 0.4) is 0 Å². The maximum Gasteiger partial charge on any atom is 0.272 e. The molecule has 0 aliphatic heterocycles. The second-order valence-electron chi connectivity index (χ2n) is 5.99. The van der Waals surface area contributed by atoms with Crippen LogP contribution in [-0.2, 0) is 4.79 Å². The van der Waals surface area contributed by atoms with E-state index in [2.05, 4.69) is 15.3 Å². The van der Waals surface area contributed by atoms with Crippen molar-refractivity contribution in [2.75, 3.05) is 5.32 Å². The fraction of sp³-hybridized carbons (Fsp3) is 0.158. The Balaban J connectivity index is 1.76. The molecule has 0 fully saturated rings. The monoisotopic (exact) mass is 382 g/mol. The summed E-state index contributed by atoms with van der Waals surface area (Å²) >= 11 is 1.25. The Labute approximate surface area is 157 Å². The normalized spacial score (nSPS) is 12.4. The summed E-state index contributed by atoms with van der Waals surface area (Å²) in [6, 6.07) is 8.76. The molecule has 136 valence electrons. The van der Waals surface area contributed by atoms with Gasteiger partial charge in [0.1, 0.15) is 21.4 Å². The lowest BCUT2D eigenvalue weighted by Crippen LogP contribution is -2.33. The van der Waals surface area contributed by atoms with Gasteiger partial charge >= 0.3 is 0 Å². The standard InChI is InChI=1S/C19H15FN4O2S/c1-2-14(17(25)23-13-8-4-3-7-12(13)20)24-10-22-15-11-6-5-9-21-18(11)27-16(15)19(24)26/h3-10,14H,2H2,1H3,(H,23,25)/t14-/m1/s1. The van der Waals surface area contributed by atoms with Crippen molar-refractivity contribution in [3.05, 3.63) is 65.1 Å². The van der Waals surface area contributed by atoms with Crippen LogP contribution in [-0.4, -0.2) is 20.4 Å². The van der Waals surface area contributed by atoms with Crippen LogP contribution in [0.4, 0.5) is 10.1 Å². The largest absolute Gasteiger partial charge is 0.322 e. The van der Waals surface area contributed by atoms with Gasteiger partial charge in [-0.05, 0) is 30.7 Å². The van der Waals surface area contributed by atoms with Crippen LogP contribution in [0.5, 0.6) is 0 Å². The van der Waals surface area contributed by atoms with E-state index in [4.69, 9.17) is 0 Å². The summed E-state index contributed by atoms with van der Waals surface area (Å²) in [4.78, 5) is 35.0. The number of rotatable bonds is 4. The van der Waals surface area contributed by atoms with E-state index >= 15 is 0 Å². The molecule has 1 N–H and O–H groups in total. The Hall–Kier alpha value is -3.13. The maximum atomic E-state index is 13.8. The summed E-state index contributed by atoms with van der Waals surface area (Å²) in [7, 11) is 0. The molecule has 4 aromatic rings. The molecule has 0 aliphatic carbocycles. The number of pyridine rings is 1. The number of benzene rings is 1. The zero-order valence-corrected chi connectivity index (χ0v) is 15.2. The summed E-state index contributed by atoms with van der Waals surface area (Å²) in [6.07, 6.45) is 3.39. The second kappa shape index (κ2) is 6.88. The van der Waals surface area contributed by atoms with Crippen LogP contribution in [0.25, 0.3) is 20.4 Å². The van der Waals surface area contributed by atoms with Gasteiger partial charge in [0, 0.05) is 11.6 Å². The summed E-state index contributed by atoms with van der Waals surface area (Å²) < 4.78 is 15.6. The summed E-state index contributed by atoms with van der Waals surface area (Å²) in [5.41, 5.74) is 0.348. The fourth-order valence-electron chi connectivity index (χ4n) is 2.99. The molecule has 0 bridgehead atoms. The number of carbonyl (C=O) groups excluding carboxylic acids is 1. The van der Waals surface area contributed by atoms with Crippen LogP contribution in [0.15, 0.2) is 53.7 Å². The predicted molar refractivity (Wildman–Crippen MR) is 104 cm³/mol. The number of amides is 1. The van der Waals surface area contributed by atoms with Crippen LogP contribution in [0, 0.1) is 5.82 Å². The predicted octanol–water partition coefficient (Wildman–Crippen LogP) is 3.74. The first-order valence-corrected chi connectivity index (χ1v) is 9.21. The molecule has 0 spiro atoms. The number of hydrogen-bond donors (Lipinski definition) is 1. The highest BCUT2D eigenvalue weighted by atomic mass is 32.1. The van der Waals surface area contributed by atoms with Crippen molar-refractivity contribution < 1.29 is 9.18 Å². The smallest absolute Gasteiger partial charge is 0.272 e. The molecule has 1 amide bonds. The van der Waals surface area contributed by atoms with E-state index in [0.29, 0.717) is 16.6 Å². The molecule has 3 heterocycles. The van der Waals surface area contributed by atoms with Crippen molar-refractivity contribution >= 4 is 43.4 Å². The first-order chi connectivity index (χ1) is 13.1. The van der Waals surface area contributed by atoms with Gasteiger partial charge in [0.05, 0.1) is 17.5 Å². The summed E-state index contributed by atoms with van der Waals surface area (Å²) in [5.74, 6) is -0.998. The van der Waals surface area contributed by atoms with Gasteiger partial charge in [-0.2, -0.15) is 0 Å². The molecule has 0 saturated carbocycles. The average molecular weight is 382 g/mol. The van der Waals surface area contributed by atoms with Gasteiger partial charge in [-0.3, -0.25) is 14.2 Å². The Morgan fingerprint density at radius 3 is 2.85 bits per heavy atom. The Morgan fingerprint density at radius 1 is 1.26 bits per heavy atom. The number of halogens is 1. The van der Waals surface area contributed by atoms with E-state index in [0.717, 1.165) is 10.2 Å². The molecule has 1 atom stereocenters. The second-order valence-corrected chi connectivity index (χ2v) is 6.99. The molecule has 8 heteroatoms. The molecule has 0 unspecified atom stereocenters. The Bertz CT molecular complexity index is 1220. The quantitative estimate of drug-likeness (QED) is 0.583. The van der Waals surface area contributed by atoms with Gasteiger partial charge in [-0.15, -0.1) is 11.3 Å². The Morgan fingerprint density at radius 2 is 2.07 bits per heavy atom. The minimum Gasteiger partial charge on any atom is -0.322 e. The highest BCUT2D eigenvalue weighted by Crippen LogP contribution is 2.28. The van der Waals surface area contributed by atoms with E-state index in [1.54, 1.807) is 31.3 Å². The molecule has 3 aromatic heterocycles. The van der Waals surface area contributed by atoms with Crippen molar-refractivity contribution in [2.45, 2.75) is 19.4 Å². The number of anilines is 1. The van der Waals surface area contributed by atoms with Crippen LogP contribution in [0.2, 0.25) is 0 Å². The lowest BCUT2D eigenvalue weighted by molar-refractivity contribution is -0.119. The first-order valence-electron chi connectivity index (χ1n) is 8.40. The molecule has 27 heavy (non-hydrogen) atoms. The van der Waals surface area contributed by atoms with Crippen molar-refractivity contribution in [1.82, 2.24) is 14.5 Å². The number of fused-ring (bicyclic) bond motifs is 3. The number of nitrogens with one attached hydrogen (secondary N) is 1. The summed E-state index contributed by atoms with van der Waals surface area (Å²) in [6.45, 7) is 1.79. The van der Waals surface area contributed by atoms with Crippen molar-refractivity contribution in [3.63, 3.8) is 0 Å². The third-order valence-electron chi connectivity index (χ3n) is 4.34. The SMILES string of the molecule is CC[C@H](C(=O)Nc1ccccc1F)n1cnc2c(sc3ncccc32)c1=O. The van der Waals surface area contributed by atoms with Gasteiger partial charge in [-0.1, -0.05) is 19.1 Å². The van der Waals surface area contributed by atoms with Gasteiger partial charge in [0.15, 0.2) is 0 Å². The molecular weight excluding hydrogens is 367 g/mol.